The van der Waals surface area contributed by atoms with Crippen LogP contribution < -0.4 is 5.32 Å². The lowest BCUT2D eigenvalue weighted by Crippen LogP contribution is -2.22. The SMILES string of the molecule is Cc1cc(C(=O)Nc2ncn(C(C)(C)C)n2)ns1. The van der Waals surface area contributed by atoms with Gasteiger partial charge in [-0.25, -0.2) is 9.67 Å². The molecule has 2 aromatic rings. The predicted molar refractivity (Wildman–Crippen MR) is 69.8 cm³/mol. The molecule has 0 spiro atoms. The number of aromatic nitrogens is 4. The van der Waals surface area contributed by atoms with E-state index in [1.807, 2.05) is 27.7 Å². The largest absolute Gasteiger partial charge is 0.288 e. The van der Waals surface area contributed by atoms with Crippen LogP contribution >= 0.6 is 11.5 Å². The van der Waals surface area contributed by atoms with E-state index in [0.717, 1.165) is 4.88 Å². The normalized spacial score (nSPS) is 11.6. The number of rotatable bonds is 2. The van der Waals surface area contributed by atoms with Crippen molar-refractivity contribution in [3.05, 3.63) is 23.0 Å². The van der Waals surface area contributed by atoms with Crippen LogP contribution in [0.15, 0.2) is 12.4 Å². The standard InChI is InChI=1S/C11H15N5OS/c1-7-5-8(15-18-7)9(17)13-10-12-6-16(14-10)11(2,3)4/h5-6H,1-4H3,(H,13,14,17). The lowest BCUT2D eigenvalue weighted by atomic mass is 10.1. The highest BCUT2D eigenvalue weighted by Crippen LogP contribution is 2.13. The van der Waals surface area contributed by atoms with Gasteiger partial charge < -0.3 is 0 Å². The third-order valence-corrected chi connectivity index (χ3v) is 2.96. The second-order valence-corrected chi connectivity index (χ2v) is 5.97. The molecule has 0 saturated carbocycles. The molecule has 0 unspecified atom stereocenters. The first-order valence-electron chi connectivity index (χ1n) is 5.53. The minimum absolute atomic E-state index is 0.160. The third kappa shape index (κ3) is 2.73. The van der Waals surface area contributed by atoms with Crippen molar-refractivity contribution in [1.82, 2.24) is 19.1 Å². The lowest BCUT2D eigenvalue weighted by molar-refractivity contribution is 0.102. The summed E-state index contributed by atoms with van der Waals surface area (Å²) in [6, 6.07) is 1.74. The van der Waals surface area contributed by atoms with Crippen LogP contribution in [0.2, 0.25) is 0 Å². The summed E-state index contributed by atoms with van der Waals surface area (Å²) in [4.78, 5) is 16.9. The summed E-state index contributed by atoms with van der Waals surface area (Å²) in [7, 11) is 0. The summed E-state index contributed by atoms with van der Waals surface area (Å²) in [5.41, 5.74) is 0.234. The van der Waals surface area contributed by atoms with Gasteiger partial charge in [0.2, 0.25) is 5.95 Å². The number of carbonyl (C=O) groups excluding carboxylic acids is 1. The monoisotopic (exact) mass is 265 g/mol. The average Bonchev–Trinajstić information content (AvgIpc) is 2.85. The zero-order chi connectivity index (χ0) is 13.3. The highest BCUT2D eigenvalue weighted by atomic mass is 32.1. The minimum atomic E-state index is -0.286. The van der Waals surface area contributed by atoms with Gasteiger partial charge in [0, 0.05) is 4.88 Å². The highest BCUT2D eigenvalue weighted by molar-refractivity contribution is 7.05. The first-order valence-corrected chi connectivity index (χ1v) is 6.30. The van der Waals surface area contributed by atoms with Gasteiger partial charge in [-0.05, 0) is 45.3 Å². The zero-order valence-corrected chi connectivity index (χ0v) is 11.6. The lowest BCUT2D eigenvalue weighted by Gasteiger charge is -2.17. The van der Waals surface area contributed by atoms with Crippen molar-refractivity contribution in [2.24, 2.45) is 0 Å². The van der Waals surface area contributed by atoms with Crippen molar-refractivity contribution in [2.75, 3.05) is 5.32 Å². The number of nitrogens with zero attached hydrogens (tertiary/aromatic N) is 4. The van der Waals surface area contributed by atoms with Crippen LogP contribution in [0.1, 0.15) is 36.1 Å². The third-order valence-electron chi connectivity index (χ3n) is 2.27. The topological polar surface area (TPSA) is 72.7 Å². The molecule has 0 aliphatic carbocycles. The molecule has 96 valence electrons. The van der Waals surface area contributed by atoms with E-state index in [2.05, 4.69) is 19.8 Å². The van der Waals surface area contributed by atoms with E-state index in [4.69, 9.17) is 0 Å². The fourth-order valence-corrected chi connectivity index (χ4v) is 1.82. The van der Waals surface area contributed by atoms with E-state index < -0.39 is 0 Å². The Balaban J connectivity index is 2.10. The zero-order valence-electron chi connectivity index (χ0n) is 10.8. The van der Waals surface area contributed by atoms with Crippen LogP contribution in [-0.4, -0.2) is 25.0 Å². The molecule has 1 N–H and O–H groups in total. The van der Waals surface area contributed by atoms with Crippen LogP contribution in [0.25, 0.3) is 0 Å². The van der Waals surface area contributed by atoms with E-state index in [9.17, 15) is 4.79 Å². The Morgan fingerprint density at radius 2 is 2.17 bits per heavy atom. The molecule has 0 aliphatic rings. The van der Waals surface area contributed by atoms with Crippen LogP contribution in [0.5, 0.6) is 0 Å². The second kappa shape index (κ2) is 4.49. The second-order valence-electron chi connectivity index (χ2n) is 4.96. The molecule has 0 saturated heterocycles. The summed E-state index contributed by atoms with van der Waals surface area (Å²) in [5.74, 6) is 0.00610. The van der Waals surface area contributed by atoms with Gasteiger partial charge in [-0.3, -0.25) is 10.1 Å². The molecule has 0 bridgehead atoms. The van der Waals surface area contributed by atoms with Crippen LogP contribution in [0.3, 0.4) is 0 Å². The van der Waals surface area contributed by atoms with E-state index in [1.165, 1.54) is 11.5 Å². The number of anilines is 1. The smallest absolute Gasteiger partial charge is 0.277 e. The molecular formula is C11H15N5OS. The van der Waals surface area contributed by atoms with Gasteiger partial charge in [0.05, 0.1) is 5.54 Å². The van der Waals surface area contributed by atoms with Crippen molar-refractivity contribution in [3.63, 3.8) is 0 Å². The number of amides is 1. The first-order chi connectivity index (χ1) is 8.36. The van der Waals surface area contributed by atoms with Crippen molar-refractivity contribution in [3.8, 4) is 0 Å². The summed E-state index contributed by atoms with van der Waals surface area (Å²) < 4.78 is 5.74. The molecule has 0 aliphatic heterocycles. The maximum absolute atomic E-state index is 11.8. The van der Waals surface area contributed by atoms with Crippen molar-refractivity contribution >= 4 is 23.4 Å². The number of carbonyl (C=O) groups is 1. The van der Waals surface area contributed by atoms with Crippen LogP contribution in [0, 0.1) is 6.92 Å². The molecule has 18 heavy (non-hydrogen) atoms. The number of hydrogen-bond acceptors (Lipinski definition) is 5. The van der Waals surface area contributed by atoms with Crippen LogP contribution in [0.4, 0.5) is 5.95 Å². The summed E-state index contributed by atoms with van der Waals surface area (Å²) in [6.45, 7) is 7.94. The van der Waals surface area contributed by atoms with E-state index in [1.54, 1.807) is 17.1 Å². The maximum atomic E-state index is 11.8. The van der Waals surface area contributed by atoms with Gasteiger partial charge in [-0.1, -0.05) is 0 Å². The fourth-order valence-electron chi connectivity index (χ4n) is 1.28. The van der Waals surface area contributed by atoms with Crippen LogP contribution in [-0.2, 0) is 5.54 Å². The Labute approximate surface area is 109 Å². The minimum Gasteiger partial charge on any atom is -0.288 e. The van der Waals surface area contributed by atoms with E-state index >= 15 is 0 Å². The molecular weight excluding hydrogens is 250 g/mol. The molecule has 2 rings (SSSR count). The summed E-state index contributed by atoms with van der Waals surface area (Å²) in [6.07, 6.45) is 1.60. The van der Waals surface area contributed by atoms with E-state index in [-0.39, 0.29) is 11.4 Å². The molecule has 2 heterocycles. The quantitative estimate of drug-likeness (QED) is 0.902. The summed E-state index contributed by atoms with van der Waals surface area (Å²) >= 11 is 1.30. The Hall–Kier alpha value is -1.76. The van der Waals surface area contributed by atoms with E-state index in [0.29, 0.717) is 11.6 Å². The number of aryl methyl sites for hydroxylation is 1. The fraction of sp³-hybridized carbons (Fsp3) is 0.455. The van der Waals surface area contributed by atoms with Gasteiger partial charge in [-0.15, -0.1) is 5.10 Å². The molecule has 1 amide bonds. The van der Waals surface area contributed by atoms with Crippen molar-refractivity contribution in [2.45, 2.75) is 33.2 Å². The van der Waals surface area contributed by atoms with Gasteiger partial charge in [-0.2, -0.15) is 4.37 Å². The Kier molecular flexibility index (Phi) is 3.16. The van der Waals surface area contributed by atoms with Crippen molar-refractivity contribution < 1.29 is 4.79 Å². The van der Waals surface area contributed by atoms with Gasteiger partial charge >= 0.3 is 0 Å². The summed E-state index contributed by atoms with van der Waals surface area (Å²) in [5, 5.41) is 6.83. The van der Waals surface area contributed by atoms with Gasteiger partial charge in [0.15, 0.2) is 0 Å². The predicted octanol–water partition coefficient (Wildman–Crippen LogP) is 2.05. The Morgan fingerprint density at radius 3 is 2.67 bits per heavy atom. The van der Waals surface area contributed by atoms with Gasteiger partial charge in [0.25, 0.3) is 5.91 Å². The Bertz CT molecular complexity index is 566. The molecule has 0 aromatic carbocycles. The maximum Gasteiger partial charge on any atom is 0.277 e. The molecule has 0 radical (unpaired) electrons. The Morgan fingerprint density at radius 1 is 1.44 bits per heavy atom. The highest BCUT2D eigenvalue weighted by Gasteiger charge is 2.17. The first kappa shape index (κ1) is 12.7. The molecule has 6 nitrogen and oxygen atoms in total. The molecule has 0 atom stereocenters. The van der Waals surface area contributed by atoms with Gasteiger partial charge in [0.1, 0.15) is 12.0 Å². The molecule has 2 aromatic heterocycles. The van der Waals surface area contributed by atoms with Crippen molar-refractivity contribution in [1.29, 1.82) is 0 Å². The number of hydrogen-bond donors (Lipinski definition) is 1. The number of nitrogens with one attached hydrogen (secondary N) is 1. The molecule has 7 heteroatoms. The molecule has 0 fully saturated rings. The average molecular weight is 265 g/mol.